The van der Waals surface area contributed by atoms with Gasteiger partial charge in [-0.2, -0.15) is 4.99 Å². The van der Waals surface area contributed by atoms with Crippen LogP contribution < -0.4 is 9.47 Å². The SMILES string of the molecule is COc1ccc(CN2C(=O)N=C3C2=NC=NC2C3N=CN2Cc2ccc(OC)cc2)cc1. The Hall–Kier alpha value is -4.01. The quantitative estimate of drug-likeness (QED) is 0.705. The Bertz CT molecular complexity index is 1140. The lowest BCUT2D eigenvalue weighted by Gasteiger charge is -2.24. The maximum atomic E-state index is 12.7. The van der Waals surface area contributed by atoms with E-state index in [0.29, 0.717) is 24.6 Å². The van der Waals surface area contributed by atoms with Gasteiger partial charge in [0.2, 0.25) is 0 Å². The van der Waals surface area contributed by atoms with Crippen molar-refractivity contribution < 1.29 is 14.3 Å². The fraction of sp³-hybridized carbons (Fsp3) is 0.261. The van der Waals surface area contributed by atoms with Crippen LogP contribution in [0.2, 0.25) is 0 Å². The zero-order valence-corrected chi connectivity index (χ0v) is 17.8. The lowest BCUT2D eigenvalue weighted by atomic mass is 10.1. The third-order valence-corrected chi connectivity index (χ3v) is 5.63. The first kappa shape index (κ1) is 19.9. The highest BCUT2D eigenvalue weighted by Crippen LogP contribution is 2.26. The average Bonchev–Trinajstić information content (AvgIpc) is 3.29. The van der Waals surface area contributed by atoms with Crippen LogP contribution >= 0.6 is 0 Å². The molecule has 0 saturated heterocycles. The van der Waals surface area contributed by atoms with Gasteiger partial charge in [0.25, 0.3) is 0 Å². The van der Waals surface area contributed by atoms with E-state index in [9.17, 15) is 4.79 Å². The summed E-state index contributed by atoms with van der Waals surface area (Å²) in [4.78, 5) is 34.3. The standard InChI is InChI=1S/C23H22N6O3/c1-31-17-7-3-15(4-8-17)11-28-14-26-19-20-22(25-13-24-21(19)28)29(23(30)27-20)12-16-5-9-18(32-2)10-6-16/h3-10,13-14,19,21H,11-12H2,1-2H3. The highest BCUT2D eigenvalue weighted by molar-refractivity contribution is 6.51. The van der Waals surface area contributed by atoms with Crippen LogP contribution in [-0.4, -0.2) is 66.5 Å². The van der Waals surface area contributed by atoms with Crippen molar-refractivity contribution in [3.8, 4) is 11.5 Å². The summed E-state index contributed by atoms with van der Waals surface area (Å²) in [5.74, 6) is 2.07. The van der Waals surface area contributed by atoms with E-state index in [-0.39, 0.29) is 18.2 Å². The Morgan fingerprint density at radius 2 is 1.50 bits per heavy atom. The number of fused-ring (bicyclic) bond motifs is 3. The fourth-order valence-corrected chi connectivity index (χ4v) is 3.93. The molecule has 3 heterocycles. The molecule has 0 spiro atoms. The van der Waals surface area contributed by atoms with Crippen LogP contribution in [0.4, 0.5) is 4.79 Å². The van der Waals surface area contributed by atoms with Crippen molar-refractivity contribution in [2.24, 2.45) is 20.0 Å². The van der Waals surface area contributed by atoms with Crippen molar-refractivity contribution in [2.75, 3.05) is 14.2 Å². The number of hydrogen-bond acceptors (Lipinski definition) is 7. The van der Waals surface area contributed by atoms with E-state index in [1.807, 2.05) is 53.4 Å². The van der Waals surface area contributed by atoms with E-state index >= 15 is 0 Å². The Morgan fingerprint density at radius 3 is 2.12 bits per heavy atom. The van der Waals surface area contributed by atoms with Gasteiger partial charge in [0.05, 0.1) is 27.1 Å². The van der Waals surface area contributed by atoms with Crippen LogP contribution in [0.1, 0.15) is 11.1 Å². The van der Waals surface area contributed by atoms with Gasteiger partial charge in [-0.05, 0) is 35.4 Å². The molecule has 2 atom stereocenters. The molecule has 0 aliphatic carbocycles. The number of urea groups is 1. The molecule has 5 rings (SSSR count). The fourth-order valence-electron chi connectivity index (χ4n) is 3.93. The molecule has 9 heteroatoms. The first-order chi connectivity index (χ1) is 15.7. The number of amides is 2. The molecule has 0 fully saturated rings. The smallest absolute Gasteiger partial charge is 0.350 e. The predicted octanol–water partition coefficient (Wildman–Crippen LogP) is 2.76. The van der Waals surface area contributed by atoms with Crippen LogP contribution in [0.3, 0.4) is 0 Å². The number of benzene rings is 2. The predicted molar refractivity (Wildman–Crippen MR) is 122 cm³/mol. The van der Waals surface area contributed by atoms with Gasteiger partial charge in [-0.3, -0.25) is 9.89 Å². The summed E-state index contributed by atoms with van der Waals surface area (Å²) in [6, 6.07) is 14.7. The summed E-state index contributed by atoms with van der Waals surface area (Å²) in [5.41, 5.74) is 2.61. The van der Waals surface area contributed by atoms with Crippen LogP contribution in [0.25, 0.3) is 0 Å². The molecule has 0 aromatic heterocycles. The first-order valence-corrected chi connectivity index (χ1v) is 10.2. The van der Waals surface area contributed by atoms with Gasteiger partial charge >= 0.3 is 6.03 Å². The number of hydrogen-bond donors (Lipinski definition) is 0. The summed E-state index contributed by atoms with van der Waals surface area (Å²) in [6.45, 7) is 0.983. The van der Waals surface area contributed by atoms with Crippen LogP contribution in [0.5, 0.6) is 11.5 Å². The van der Waals surface area contributed by atoms with Gasteiger partial charge in [0.1, 0.15) is 29.6 Å². The zero-order valence-electron chi connectivity index (χ0n) is 17.8. The van der Waals surface area contributed by atoms with Crippen LogP contribution in [0, 0.1) is 0 Å². The van der Waals surface area contributed by atoms with Crippen molar-refractivity contribution in [1.29, 1.82) is 0 Å². The largest absolute Gasteiger partial charge is 0.497 e. The summed E-state index contributed by atoms with van der Waals surface area (Å²) in [5, 5.41) is 0. The average molecular weight is 430 g/mol. The number of carbonyl (C=O) groups excluding carboxylic acids is 1. The maximum Gasteiger partial charge on any atom is 0.350 e. The molecule has 2 unspecified atom stereocenters. The van der Waals surface area contributed by atoms with Gasteiger partial charge in [0, 0.05) is 6.54 Å². The molecule has 2 aromatic carbocycles. The summed E-state index contributed by atoms with van der Waals surface area (Å²) in [7, 11) is 3.27. The molecule has 162 valence electrons. The molecule has 0 radical (unpaired) electrons. The lowest BCUT2D eigenvalue weighted by Crippen LogP contribution is -2.42. The number of aliphatic imine (C=N–C) groups is 4. The minimum absolute atomic E-state index is 0.300. The van der Waals surface area contributed by atoms with E-state index < -0.39 is 0 Å². The van der Waals surface area contributed by atoms with Crippen LogP contribution in [-0.2, 0) is 13.1 Å². The van der Waals surface area contributed by atoms with Gasteiger partial charge in [-0.25, -0.2) is 14.8 Å². The summed E-state index contributed by atoms with van der Waals surface area (Å²) < 4.78 is 10.4. The number of methoxy groups -OCH3 is 2. The molecule has 3 aliphatic rings. The van der Waals surface area contributed by atoms with E-state index in [1.165, 1.54) is 6.34 Å². The molecule has 32 heavy (non-hydrogen) atoms. The monoisotopic (exact) mass is 430 g/mol. The third kappa shape index (κ3) is 3.62. The van der Waals surface area contributed by atoms with Crippen molar-refractivity contribution in [3.63, 3.8) is 0 Å². The second kappa shape index (κ2) is 8.26. The van der Waals surface area contributed by atoms with E-state index in [4.69, 9.17) is 9.47 Å². The van der Waals surface area contributed by atoms with Crippen molar-refractivity contribution in [3.05, 3.63) is 59.7 Å². The van der Waals surface area contributed by atoms with Crippen molar-refractivity contribution in [1.82, 2.24) is 9.80 Å². The molecular weight excluding hydrogens is 408 g/mol. The molecule has 0 saturated carbocycles. The van der Waals surface area contributed by atoms with Gasteiger partial charge < -0.3 is 14.4 Å². The van der Waals surface area contributed by atoms with Gasteiger partial charge in [-0.15, -0.1) is 0 Å². The maximum absolute atomic E-state index is 12.7. The third-order valence-electron chi connectivity index (χ3n) is 5.63. The minimum Gasteiger partial charge on any atom is -0.497 e. The van der Waals surface area contributed by atoms with E-state index in [0.717, 1.165) is 22.6 Å². The number of ether oxygens (including phenoxy) is 2. The highest BCUT2D eigenvalue weighted by Gasteiger charge is 2.43. The zero-order chi connectivity index (χ0) is 22.1. The van der Waals surface area contributed by atoms with Crippen molar-refractivity contribution >= 4 is 30.3 Å². The van der Waals surface area contributed by atoms with Crippen LogP contribution in [0.15, 0.2) is 68.5 Å². The second-order valence-corrected chi connectivity index (χ2v) is 7.57. The molecular formula is C23H22N6O3. The molecule has 0 bridgehead atoms. The number of amidine groups is 1. The Labute approximate surface area is 185 Å². The van der Waals surface area contributed by atoms with Crippen molar-refractivity contribution in [2.45, 2.75) is 25.3 Å². The Balaban J connectivity index is 1.32. The molecule has 2 amide bonds. The topological polar surface area (TPSA) is 91.5 Å². The number of carbonyl (C=O) groups is 1. The Kier molecular flexibility index (Phi) is 5.14. The molecule has 0 N–H and O–H groups in total. The molecule has 9 nitrogen and oxygen atoms in total. The lowest BCUT2D eigenvalue weighted by molar-refractivity contribution is 0.231. The summed E-state index contributed by atoms with van der Waals surface area (Å²) >= 11 is 0. The van der Waals surface area contributed by atoms with E-state index in [1.54, 1.807) is 25.5 Å². The second-order valence-electron chi connectivity index (χ2n) is 7.57. The number of rotatable bonds is 6. The minimum atomic E-state index is -0.379. The van der Waals surface area contributed by atoms with Gasteiger partial charge in [-0.1, -0.05) is 24.3 Å². The molecule has 2 aromatic rings. The normalized spacial score (nSPS) is 21.1. The molecule has 3 aliphatic heterocycles. The number of nitrogens with zero attached hydrogens (tertiary/aromatic N) is 6. The Morgan fingerprint density at radius 1 is 0.875 bits per heavy atom. The summed E-state index contributed by atoms with van der Waals surface area (Å²) in [6.07, 6.45) is 2.98. The highest BCUT2D eigenvalue weighted by atomic mass is 16.5. The van der Waals surface area contributed by atoms with E-state index in [2.05, 4.69) is 20.0 Å². The first-order valence-electron chi connectivity index (χ1n) is 10.2. The van der Waals surface area contributed by atoms with Gasteiger partial charge in [0.15, 0.2) is 12.0 Å².